The van der Waals surface area contributed by atoms with E-state index < -0.39 is 0 Å². The zero-order chi connectivity index (χ0) is 21.0. The molecule has 0 fully saturated rings. The summed E-state index contributed by atoms with van der Waals surface area (Å²) in [6.45, 7) is 22.9. The lowest BCUT2D eigenvalue weighted by Crippen LogP contribution is -2.13. The predicted octanol–water partition coefficient (Wildman–Crippen LogP) is 9.48. The van der Waals surface area contributed by atoms with Gasteiger partial charge in [0.25, 0.3) is 0 Å². The van der Waals surface area contributed by atoms with Crippen LogP contribution in [0.1, 0.15) is 120 Å². The summed E-state index contributed by atoms with van der Waals surface area (Å²) in [4.78, 5) is 0. The predicted molar refractivity (Wildman–Crippen MR) is 129 cm³/mol. The summed E-state index contributed by atoms with van der Waals surface area (Å²) in [7, 11) is 0. The highest BCUT2D eigenvalue weighted by atomic mass is 14.3. The molecule has 2 aliphatic rings. The van der Waals surface area contributed by atoms with Gasteiger partial charge in [-0.15, -0.1) is 0 Å². The molecule has 0 heteroatoms. The molecule has 0 amide bonds. The Hall–Kier alpha value is -1.82. The molecule has 0 aromatic heterocycles. The molecule has 0 N–H and O–H groups in total. The van der Waals surface area contributed by atoms with Crippen molar-refractivity contribution in [2.24, 2.45) is 0 Å². The van der Waals surface area contributed by atoms with Gasteiger partial charge in [-0.05, 0) is 65.0 Å². The highest BCUT2D eigenvalue weighted by Gasteiger charge is 2.27. The first-order valence-corrected chi connectivity index (χ1v) is 11.0. The van der Waals surface area contributed by atoms with E-state index in [1.807, 2.05) is 41.5 Å². The summed E-state index contributed by atoms with van der Waals surface area (Å²) in [6, 6.07) is 0. The van der Waals surface area contributed by atoms with E-state index in [1.165, 1.54) is 33.4 Å². The van der Waals surface area contributed by atoms with Crippen LogP contribution in [0.25, 0.3) is 24.3 Å². The lowest BCUT2D eigenvalue weighted by Gasteiger charge is -2.31. The van der Waals surface area contributed by atoms with Crippen molar-refractivity contribution in [2.75, 3.05) is 0 Å². The van der Waals surface area contributed by atoms with Crippen molar-refractivity contribution in [1.82, 2.24) is 0 Å². The SMILES string of the molecule is C=Cc1c(/C=C\C)c2c(c3c1C(C)CC=C3)C(C)CC=C2.CC.CC.CC. The zero-order valence-corrected chi connectivity index (χ0v) is 19.3. The molecule has 1 aromatic rings. The lowest BCUT2D eigenvalue weighted by atomic mass is 9.73. The van der Waals surface area contributed by atoms with E-state index in [4.69, 9.17) is 0 Å². The van der Waals surface area contributed by atoms with Crippen LogP contribution in [0.2, 0.25) is 0 Å². The van der Waals surface area contributed by atoms with Crippen molar-refractivity contribution < 1.29 is 0 Å². The van der Waals surface area contributed by atoms with Gasteiger partial charge in [-0.2, -0.15) is 0 Å². The van der Waals surface area contributed by atoms with E-state index in [1.54, 1.807) is 0 Å². The van der Waals surface area contributed by atoms with Crippen molar-refractivity contribution in [3.63, 3.8) is 0 Å². The van der Waals surface area contributed by atoms with Gasteiger partial charge in [-0.25, -0.2) is 0 Å². The number of benzene rings is 1. The molecule has 0 spiro atoms. The smallest absolute Gasteiger partial charge is 0.0109 e. The Morgan fingerprint density at radius 3 is 1.74 bits per heavy atom. The molecule has 0 radical (unpaired) electrons. The van der Waals surface area contributed by atoms with E-state index in [2.05, 4.69) is 69.9 Å². The first-order chi connectivity index (χ1) is 13.2. The van der Waals surface area contributed by atoms with Crippen LogP contribution < -0.4 is 0 Å². The molecule has 0 heterocycles. The van der Waals surface area contributed by atoms with Gasteiger partial charge in [0.2, 0.25) is 0 Å². The minimum Gasteiger partial charge on any atom is -0.0984 e. The van der Waals surface area contributed by atoms with E-state index in [-0.39, 0.29) is 0 Å². The fourth-order valence-corrected chi connectivity index (χ4v) is 3.87. The quantitative estimate of drug-likeness (QED) is 0.489. The minimum absolute atomic E-state index is 0.574. The van der Waals surface area contributed by atoms with Crippen molar-refractivity contribution in [2.45, 2.75) is 87.0 Å². The van der Waals surface area contributed by atoms with Crippen LogP contribution in [0.15, 0.2) is 24.8 Å². The molecule has 1 aromatic carbocycles. The molecular formula is C27H42. The average molecular weight is 367 g/mol. The summed E-state index contributed by atoms with van der Waals surface area (Å²) in [5, 5.41) is 0. The summed E-state index contributed by atoms with van der Waals surface area (Å²) in [5.41, 5.74) is 8.59. The van der Waals surface area contributed by atoms with Crippen molar-refractivity contribution >= 4 is 24.3 Å². The Bertz CT molecular complexity index is 668. The van der Waals surface area contributed by atoms with E-state index in [0.29, 0.717) is 11.8 Å². The highest BCUT2D eigenvalue weighted by Crippen LogP contribution is 2.44. The van der Waals surface area contributed by atoms with Crippen molar-refractivity contribution in [3.05, 3.63) is 58.2 Å². The first kappa shape index (κ1) is 25.2. The average Bonchev–Trinajstić information content (AvgIpc) is 2.73. The molecule has 2 atom stereocenters. The molecule has 0 saturated heterocycles. The Labute approximate surface area is 169 Å². The van der Waals surface area contributed by atoms with Gasteiger partial charge in [-0.3, -0.25) is 0 Å². The second-order valence-corrected chi connectivity index (χ2v) is 6.26. The molecule has 2 aliphatic carbocycles. The lowest BCUT2D eigenvalue weighted by molar-refractivity contribution is 0.736. The molecule has 150 valence electrons. The molecule has 2 unspecified atom stereocenters. The van der Waals surface area contributed by atoms with Crippen LogP contribution >= 0.6 is 0 Å². The standard InChI is InChI=1S/C21H24.3C2H6/c1-5-9-17-16(6-2)20-14(3)11-8-13-19(20)21-15(4)10-7-12-18(17)21;3*1-2/h5-9,12-15H,2,10-11H2,1,3-4H3;3*1-2H3/b9-5-;;;. The van der Waals surface area contributed by atoms with Crippen LogP contribution in [0.3, 0.4) is 0 Å². The van der Waals surface area contributed by atoms with E-state index in [9.17, 15) is 0 Å². The van der Waals surface area contributed by atoms with Gasteiger partial charge in [0, 0.05) is 0 Å². The van der Waals surface area contributed by atoms with Gasteiger partial charge >= 0.3 is 0 Å². The fraction of sp³-hybridized carbons (Fsp3) is 0.481. The maximum Gasteiger partial charge on any atom is -0.0109 e. The number of fused-ring (bicyclic) bond motifs is 3. The Morgan fingerprint density at radius 1 is 0.778 bits per heavy atom. The topological polar surface area (TPSA) is 0 Å². The van der Waals surface area contributed by atoms with Crippen LogP contribution in [-0.4, -0.2) is 0 Å². The number of hydrogen-bond acceptors (Lipinski definition) is 0. The van der Waals surface area contributed by atoms with Crippen LogP contribution in [-0.2, 0) is 0 Å². The normalized spacial score (nSPS) is 18.7. The molecule has 0 aliphatic heterocycles. The molecule has 0 bridgehead atoms. The van der Waals surface area contributed by atoms with Crippen molar-refractivity contribution in [1.29, 1.82) is 0 Å². The van der Waals surface area contributed by atoms with Gasteiger partial charge in [0.1, 0.15) is 0 Å². The summed E-state index contributed by atoms with van der Waals surface area (Å²) >= 11 is 0. The molecule has 3 rings (SSSR count). The minimum atomic E-state index is 0.574. The van der Waals surface area contributed by atoms with Crippen LogP contribution in [0.4, 0.5) is 0 Å². The van der Waals surface area contributed by atoms with E-state index >= 15 is 0 Å². The third-order valence-corrected chi connectivity index (χ3v) is 4.81. The fourth-order valence-electron chi connectivity index (χ4n) is 3.87. The number of hydrogen-bond donors (Lipinski definition) is 0. The number of rotatable bonds is 2. The van der Waals surface area contributed by atoms with Crippen LogP contribution in [0, 0.1) is 0 Å². The third-order valence-electron chi connectivity index (χ3n) is 4.81. The van der Waals surface area contributed by atoms with Gasteiger partial charge in [-0.1, -0.05) is 105 Å². The molecule has 0 saturated carbocycles. The summed E-state index contributed by atoms with van der Waals surface area (Å²) in [5.74, 6) is 1.17. The Balaban J connectivity index is 0.00000103. The van der Waals surface area contributed by atoms with Gasteiger partial charge in [0.05, 0.1) is 0 Å². The Morgan fingerprint density at radius 2 is 1.26 bits per heavy atom. The third kappa shape index (κ3) is 5.34. The Kier molecular flexibility index (Phi) is 12.5. The maximum absolute atomic E-state index is 4.10. The summed E-state index contributed by atoms with van der Waals surface area (Å²) in [6.07, 6.45) is 18.0. The van der Waals surface area contributed by atoms with Crippen molar-refractivity contribution in [3.8, 4) is 0 Å². The van der Waals surface area contributed by atoms with Crippen LogP contribution in [0.5, 0.6) is 0 Å². The number of allylic oxidation sites excluding steroid dienone is 3. The molecule has 0 nitrogen and oxygen atoms in total. The van der Waals surface area contributed by atoms with Gasteiger partial charge in [0.15, 0.2) is 0 Å². The monoisotopic (exact) mass is 366 g/mol. The van der Waals surface area contributed by atoms with E-state index in [0.717, 1.165) is 12.8 Å². The second kappa shape index (κ2) is 13.4. The highest BCUT2D eigenvalue weighted by molar-refractivity contribution is 5.84. The largest absolute Gasteiger partial charge is 0.0984 e. The van der Waals surface area contributed by atoms with Gasteiger partial charge < -0.3 is 0 Å². The molecular weight excluding hydrogens is 324 g/mol. The zero-order valence-electron chi connectivity index (χ0n) is 19.3. The first-order valence-electron chi connectivity index (χ1n) is 11.0. The summed E-state index contributed by atoms with van der Waals surface area (Å²) < 4.78 is 0. The second-order valence-electron chi connectivity index (χ2n) is 6.26. The maximum atomic E-state index is 4.10. The molecule has 27 heavy (non-hydrogen) atoms.